The number of carbonyl (C=O) groups is 1. The van der Waals surface area contributed by atoms with Gasteiger partial charge in [0, 0.05) is 19.1 Å². The predicted molar refractivity (Wildman–Crippen MR) is 94.6 cm³/mol. The first-order chi connectivity index (χ1) is 11.7. The lowest BCUT2D eigenvalue weighted by atomic mass is 9.98. The number of carbonyl (C=O) groups excluding carboxylic acids is 1. The van der Waals surface area contributed by atoms with E-state index in [1.54, 1.807) is 5.57 Å². The van der Waals surface area contributed by atoms with Gasteiger partial charge in [-0.05, 0) is 41.7 Å². The van der Waals surface area contributed by atoms with Gasteiger partial charge in [-0.25, -0.2) is 4.79 Å². The Morgan fingerprint density at radius 3 is 2.46 bits per heavy atom. The molecule has 1 atom stereocenters. The molecule has 122 valence electrons. The van der Waals surface area contributed by atoms with E-state index in [2.05, 4.69) is 47.4 Å². The lowest BCUT2D eigenvalue weighted by molar-refractivity contribution is 0.0600. The maximum absolute atomic E-state index is 11.5. The molecule has 24 heavy (non-hydrogen) atoms. The highest BCUT2D eigenvalue weighted by Gasteiger charge is 2.36. The highest BCUT2D eigenvalue weighted by atomic mass is 16.5. The minimum atomic E-state index is -0.277. The monoisotopic (exact) mass is 319 g/mol. The van der Waals surface area contributed by atoms with E-state index >= 15 is 0 Å². The summed E-state index contributed by atoms with van der Waals surface area (Å²) in [7, 11) is 1.41. The first kappa shape index (κ1) is 15.2. The van der Waals surface area contributed by atoms with E-state index in [-0.39, 0.29) is 5.97 Å². The van der Waals surface area contributed by atoms with Gasteiger partial charge in [-0.3, -0.25) is 4.90 Å². The molecule has 2 bridgehead atoms. The molecule has 1 unspecified atom stereocenters. The maximum atomic E-state index is 11.5. The molecule has 4 rings (SSSR count). The zero-order valence-corrected chi connectivity index (χ0v) is 13.9. The number of fused-ring (bicyclic) bond motifs is 2. The average molecular weight is 319 g/mol. The number of rotatable bonds is 4. The quantitative estimate of drug-likeness (QED) is 0.800. The van der Waals surface area contributed by atoms with Gasteiger partial charge in [0.05, 0.1) is 12.7 Å². The Hall–Kier alpha value is -2.39. The zero-order valence-electron chi connectivity index (χ0n) is 13.9. The summed E-state index contributed by atoms with van der Waals surface area (Å²) in [6.07, 6.45) is 2.29. The van der Waals surface area contributed by atoms with Gasteiger partial charge >= 0.3 is 5.97 Å². The predicted octanol–water partition coefficient (Wildman–Crippen LogP) is 3.91. The molecule has 1 fully saturated rings. The van der Waals surface area contributed by atoms with Gasteiger partial charge in [-0.1, -0.05) is 48.0 Å². The molecule has 1 saturated heterocycles. The second kappa shape index (κ2) is 6.25. The summed E-state index contributed by atoms with van der Waals surface area (Å²) in [5, 5.41) is 0. The van der Waals surface area contributed by atoms with Crippen molar-refractivity contribution in [2.24, 2.45) is 0 Å². The molecule has 2 aromatic rings. The van der Waals surface area contributed by atoms with Crippen molar-refractivity contribution in [3.63, 3.8) is 0 Å². The minimum absolute atomic E-state index is 0.277. The first-order valence-corrected chi connectivity index (χ1v) is 8.42. The molecule has 0 radical (unpaired) electrons. The number of ether oxygens (including phenoxy) is 1. The van der Waals surface area contributed by atoms with Crippen LogP contribution in [0, 0.1) is 0 Å². The van der Waals surface area contributed by atoms with Crippen LogP contribution in [-0.4, -0.2) is 30.6 Å². The molecule has 1 heterocycles. The normalized spacial score (nSPS) is 19.8. The van der Waals surface area contributed by atoms with E-state index in [9.17, 15) is 4.79 Å². The Balaban J connectivity index is 1.49. The summed E-state index contributed by atoms with van der Waals surface area (Å²) in [6, 6.07) is 19.1. The van der Waals surface area contributed by atoms with Gasteiger partial charge in [0.1, 0.15) is 0 Å². The fourth-order valence-corrected chi connectivity index (χ4v) is 3.90. The summed E-state index contributed by atoms with van der Waals surface area (Å²) in [6.45, 7) is 2.09. The van der Waals surface area contributed by atoms with Crippen molar-refractivity contribution in [1.29, 1.82) is 0 Å². The number of hydrogen-bond acceptors (Lipinski definition) is 3. The van der Waals surface area contributed by atoms with Gasteiger partial charge < -0.3 is 4.74 Å². The molecular weight excluding hydrogens is 298 g/mol. The van der Waals surface area contributed by atoms with Crippen LogP contribution >= 0.6 is 0 Å². The topological polar surface area (TPSA) is 29.5 Å². The smallest absolute Gasteiger partial charge is 0.337 e. The highest BCUT2D eigenvalue weighted by molar-refractivity contribution is 5.90. The van der Waals surface area contributed by atoms with E-state index in [0.29, 0.717) is 11.6 Å². The fraction of sp³-hybridized carbons (Fsp3) is 0.286. The van der Waals surface area contributed by atoms with Crippen LogP contribution in [0.4, 0.5) is 0 Å². The number of esters is 1. The molecule has 0 saturated carbocycles. The third-order valence-electron chi connectivity index (χ3n) is 5.14. The van der Waals surface area contributed by atoms with E-state index < -0.39 is 0 Å². The molecule has 3 heteroatoms. The molecule has 0 spiro atoms. The number of likely N-dealkylation sites (tertiary alicyclic amines) is 1. The van der Waals surface area contributed by atoms with Crippen LogP contribution in [0.2, 0.25) is 0 Å². The molecule has 1 aliphatic heterocycles. The SMILES string of the molecule is COC(=O)c1ccc(C2=C3CC(C2)N(Cc2ccccc2)C3)cc1. The van der Waals surface area contributed by atoms with Crippen LogP contribution in [0.15, 0.2) is 60.2 Å². The summed E-state index contributed by atoms with van der Waals surface area (Å²) in [5.74, 6) is -0.277. The van der Waals surface area contributed by atoms with Crippen LogP contribution in [0.3, 0.4) is 0 Å². The summed E-state index contributed by atoms with van der Waals surface area (Å²) < 4.78 is 4.76. The Bertz CT molecular complexity index is 777. The van der Waals surface area contributed by atoms with Crippen LogP contribution in [0.5, 0.6) is 0 Å². The van der Waals surface area contributed by atoms with Crippen molar-refractivity contribution in [3.05, 3.63) is 76.9 Å². The van der Waals surface area contributed by atoms with Crippen LogP contribution in [-0.2, 0) is 11.3 Å². The van der Waals surface area contributed by atoms with Crippen LogP contribution in [0.1, 0.15) is 34.3 Å². The number of benzene rings is 2. The van der Waals surface area contributed by atoms with Gasteiger partial charge in [0.25, 0.3) is 0 Å². The summed E-state index contributed by atoms with van der Waals surface area (Å²) in [5.41, 5.74) is 6.28. The van der Waals surface area contributed by atoms with Crippen molar-refractivity contribution in [3.8, 4) is 0 Å². The van der Waals surface area contributed by atoms with Gasteiger partial charge in [-0.15, -0.1) is 0 Å². The van der Waals surface area contributed by atoms with Crippen molar-refractivity contribution < 1.29 is 9.53 Å². The number of methoxy groups -OCH3 is 1. The lowest BCUT2D eigenvalue weighted by Gasteiger charge is -2.27. The molecule has 3 nitrogen and oxygen atoms in total. The second-order valence-corrected chi connectivity index (χ2v) is 6.60. The van der Waals surface area contributed by atoms with E-state index in [0.717, 1.165) is 19.5 Å². The standard InChI is InChI=1S/C21H21NO2/c1-24-21(23)17-9-7-16(8-10-17)20-12-19-11-18(20)14-22(19)13-15-5-3-2-4-6-15/h2-10,19H,11-14H2,1H3. The Morgan fingerprint density at radius 1 is 1.08 bits per heavy atom. The van der Waals surface area contributed by atoms with E-state index in [1.165, 1.54) is 30.2 Å². The lowest BCUT2D eigenvalue weighted by Crippen LogP contribution is -2.30. The Kier molecular flexibility index (Phi) is 3.95. The summed E-state index contributed by atoms with van der Waals surface area (Å²) >= 11 is 0. The molecule has 0 amide bonds. The maximum Gasteiger partial charge on any atom is 0.337 e. The van der Waals surface area contributed by atoms with Gasteiger partial charge in [0.15, 0.2) is 0 Å². The largest absolute Gasteiger partial charge is 0.465 e. The molecule has 0 N–H and O–H groups in total. The molecule has 0 aromatic heterocycles. The third-order valence-corrected chi connectivity index (χ3v) is 5.14. The third kappa shape index (κ3) is 2.76. The van der Waals surface area contributed by atoms with E-state index in [1.807, 2.05) is 12.1 Å². The second-order valence-electron chi connectivity index (χ2n) is 6.60. The van der Waals surface area contributed by atoms with Gasteiger partial charge in [0.2, 0.25) is 0 Å². The zero-order chi connectivity index (χ0) is 16.5. The van der Waals surface area contributed by atoms with Crippen molar-refractivity contribution >= 4 is 11.5 Å². The van der Waals surface area contributed by atoms with Gasteiger partial charge in [-0.2, -0.15) is 0 Å². The number of hydrogen-bond donors (Lipinski definition) is 0. The molecular formula is C21H21NO2. The number of nitrogens with zero attached hydrogens (tertiary/aromatic N) is 1. The minimum Gasteiger partial charge on any atom is -0.465 e. The van der Waals surface area contributed by atoms with E-state index in [4.69, 9.17) is 4.74 Å². The molecule has 1 aliphatic carbocycles. The molecule has 2 aliphatic rings. The van der Waals surface area contributed by atoms with Crippen molar-refractivity contribution in [2.75, 3.05) is 13.7 Å². The Labute approximate surface area is 142 Å². The van der Waals surface area contributed by atoms with Crippen molar-refractivity contribution in [2.45, 2.75) is 25.4 Å². The van der Waals surface area contributed by atoms with Crippen LogP contribution < -0.4 is 0 Å². The highest BCUT2D eigenvalue weighted by Crippen LogP contribution is 2.43. The first-order valence-electron chi connectivity index (χ1n) is 8.42. The van der Waals surface area contributed by atoms with Crippen LogP contribution in [0.25, 0.3) is 5.57 Å². The van der Waals surface area contributed by atoms with Crippen molar-refractivity contribution in [1.82, 2.24) is 4.90 Å². The Morgan fingerprint density at radius 2 is 1.83 bits per heavy atom. The summed E-state index contributed by atoms with van der Waals surface area (Å²) in [4.78, 5) is 14.1. The fourth-order valence-electron chi connectivity index (χ4n) is 3.90. The molecule has 2 aromatic carbocycles. The average Bonchev–Trinajstić information content (AvgIpc) is 3.22.